The summed E-state index contributed by atoms with van der Waals surface area (Å²) in [5, 5.41) is 1.71. The van der Waals surface area contributed by atoms with Crippen LogP contribution in [0.1, 0.15) is 54.6 Å². The van der Waals surface area contributed by atoms with Gasteiger partial charge in [0.2, 0.25) is 0 Å². The summed E-state index contributed by atoms with van der Waals surface area (Å²) in [6, 6.07) is 18.1. The topological polar surface area (TPSA) is 50.6 Å². The van der Waals surface area contributed by atoms with Crippen molar-refractivity contribution in [2.45, 2.75) is 44.1 Å². The van der Waals surface area contributed by atoms with Crippen molar-refractivity contribution in [1.29, 1.82) is 0 Å². The number of likely N-dealkylation sites (tertiary alicyclic amines) is 1. The predicted octanol–water partition coefficient (Wildman–Crippen LogP) is 8.79. The quantitative estimate of drug-likeness (QED) is 0.195. The van der Waals surface area contributed by atoms with Gasteiger partial charge >= 0.3 is 0 Å². The van der Waals surface area contributed by atoms with Crippen LogP contribution in [0.3, 0.4) is 0 Å². The van der Waals surface area contributed by atoms with Gasteiger partial charge in [0.25, 0.3) is 0 Å². The van der Waals surface area contributed by atoms with Crippen molar-refractivity contribution in [1.82, 2.24) is 14.5 Å². The first-order valence-corrected chi connectivity index (χ1v) is 16.4. The number of benzene rings is 3. The zero-order valence-electron chi connectivity index (χ0n) is 26.3. The number of hydrogen-bond acceptors (Lipinski definition) is 5. The van der Waals surface area contributed by atoms with Gasteiger partial charge in [-0.1, -0.05) is 53.0 Å². The third kappa shape index (κ3) is 7.77. The lowest BCUT2D eigenvalue weighted by Gasteiger charge is -2.48. The molecule has 1 aromatic heterocycles. The fourth-order valence-corrected chi connectivity index (χ4v) is 6.59. The molecule has 2 aliphatic rings. The number of hydrogen-bond donors (Lipinski definition) is 0. The van der Waals surface area contributed by atoms with Crippen molar-refractivity contribution in [3.8, 4) is 0 Å². The Bertz CT molecular complexity index is 1700. The van der Waals surface area contributed by atoms with Crippen LogP contribution in [0, 0.1) is 5.82 Å². The molecule has 1 saturated heterocycles. The third-order valence-electron chi connectivity index (χ3n) is 8.93. The average molecular weight is 684 g/mol. The Labute approximate surface area is 285 Å². The summed E-state index contributed by atoms with van der Waals surface area (Å²) >= 11 is 18.0. The lowest BCUT2D eigenvalue weighted by atomic mass is 9.81. The Hall–Kier alpha value is -3.36. The number of ether oxygens (including phenoxy) is 1. The average Bonchev–Trinajstić information content (AvgIpc) is 3.44. The van der Waals surface area contributed by atoms with Crippen LogP contribution in [-0.2, 0) is 28.6 Å². The molecule has 1 unspecified atom stereocenters. The van der Waals surface area contributed by atoms with Crippen LogP contribution in [0.4, 0.5) is 10.1 Å². The number of aromatic nitrogens is 2. The van der Waals surface area contributed by atoms with Gasteiger partial charge in [0, 0.05) is 75.3 Å². The number of fused-ring (bicyclic) bond motifs is 2. The fraction of sp³-hybridized carbons (Fsp3) is 0.333. The molecule has 1 atom stereocenters. The molecular formula is C36H38Cl3FN4O2. The summed E-state index contributed by atoms with van der Waals surface area (Å²) in [7, 11) is 3.88. The van der Waals surface area contributed by atoms with Crippen molar-refractivity contribution in [2.75, 3.05) is 31.6 Å². The van der Waals surface area contributed by atoms with Crippen molar-refractivity contribution in [3.63, 3.8) is 0 Å². The molecule has 0 N–H and O–H groups in total. The van der Waals surface area contributed by atoms with Crippen LogP contribution in [0.15, 0.2) is 85.5 Å². The van der Waals surface area contributed by atoms with Gasteiger partial charge in [-0.05, 0) is 80.1 Å². The smallest absolute Gasteiger partial charge is 0.187 e. The molecule has 6 nitrogen and oxygen atoms in total. The Morgan fingerprint density at radius 1 is 1.02 bits per heavy atom. The second-order valence-electron chi connectivity index (χ2n) is 11.9. The van der Waals surface area contributed by atoms with E-state index < -0.39 is 5.60 Å². The summed E-state index contributed by atoms with van der Waals surface area (Å²) in [4.78, 5) is 20.8. The highest BCUT2D eigenvalue weighted by Gasteiger charge is 2.44. The Morgan fingerprint density at radius 3 is 2.37 bits per heavy atom. The minimum absolute atomic E-state index is 0.108. The predicted molar refractivity (Wildman–Crippen MR) is 184 cm³/mol. The molecule has 1 fully saturated rings. The molecule has 0 saturated carbocycles. The Morgan fingerprint density at radius 2 is 1.74 bits per heavy atom. The molecule has 46 heavy (non-hydrogen) atoms. The molecular weight excluding hydrogens is 646 g/mol. The molecule has 3 aromatic carbocycles. The number of anilines is 1. The number of aryl methyl sites for hydroxylation is 1. The van der Waals surface area contributed by atoms with E-state index in [1.165, 1.54) is 11.6 Å². The molecule has 3 heterocycles. The van der Waals surface area contributed by atoms with Crippen LogP contribution in [-0.4, -0.2) is 46.9 Å². The van der Waals surface area contributed by atoms with Crippen molar-refractivity contribution in [2.24, 2.45) is 7.05 Å². The van der Waals surface area contributed by atoms with E-state index in [2.05, 4.69) is 16.5 Å². The normalized spacial score (nSPS) is 16.3. The molecule has 0 radical (unpaired) electrons. The lowest BCUT2D eigenvalue weighted by Crippen LogP contribution is -2.48. The number of halogens is 4. The molecule has 0 bridgehead atoms. The van der Waals surface area contributed by atoms with E-state index >= 15 is 0 Å². The number of ketones is 1. The van der Waals surface area contributed by atoms with Crippen molar-refractivity contribution < 1.29 is 13.9 Å². The summed E-state index contributed by atoms with van der Waals surface area (Å²) in [5.74, 6) is 1.26. The molecule has 1 spiro atoms. The van der Waals surface area contributed by atoms with Gasteiger partial charge in [-0.25, -0.2) is 9.37 Å². The van der Waals surface area contributed by atoms with E-state index in [1.807, 2.05) is 66.3 Å². The molecule has 10 heteroatoms. The van der Waals surface area contributed by atoms with Crippen LogP contribution in [0.25, 0.3) is 0 Å². The number of nitrogens with zero attached hydrogens (tertiary/aromatic N) is 4. The number of Topliss-reactive ketones (excluding diaryl/α,β-unsaturated/α-hetero) is 1. The van der Waals surface area contributed by atoms with E-state index in [0.717, 1.165) is 66.6 Å². The first-order chi connectivity index (χ1) is 22.0. The molecule has 0 aliphatic carbocycles. The molecule has 2 aliphatic heterocycles. The fourth-order valence-electron chi connectivity index (χ4n) is 6.16. The number of carbonyl (C=O) groups excluding carboxylic acids is 1. The van der Waals surface area contributed by atoms with Gasteiger partial charge < -0.3 is 19.1 Å². The minimum Gasteiger partial charge on any atom is -0.468 e. The van der Waals surface area contributed by atoms with Crippen LogP contribution in [0.5, 0.6) is 0 Å². The van der Waals surface area contributed by atoms with Crippen molar-refractivity contribution >= 4 is 46.3 Å². The molecule has 4 aromatic rings. The highest BCUT2D eigenvalue weighted by molar-refractivity contribution is 6.42. The zero-order chi connectivity index (χ0) is 33.0. The van der Waals surface area contributed by atoms with Crippen molar-refractivity contribution in [3.05, 3.63) is 129 Å². The van der Waals surface area contributed by atoms with Gasteiger partial charge in [-0.15, -0.1) is 0 Å². The zero-order valence-corrected chi connectivity index (χ0v) is 28.5. The van der Waals surface area contributed by atoms with Gasteiger partial charge in [-0.3, -0.25) is 4.79 Å². The van der Waals surface area contributed by atoms with Gasteiger partial charge in [0.1, 0.15) is 23.0 Å². The van der Waals surface area contributed by atoms with Gasteiger partial charge in [0.05, 0.1) is 15.7 Å². The molecule has 242 valence electrons. The number of imidazole rings is 1. The maximum atomic E-state index is 14.1. The highest BCUT2D eigenvalue weighted by Crippen LogP contribution is 2.47. The Balaban J connectivity index is 0.000000247. The van der Waals surface area contributed by atoms with E-state index in [1.54, 1.807) is 31.2 Å². The molecule has 0 amide bonds. The lowest BCUT2D eigenvalue weighted by molar-refractivity contribution is -0.118. The maximum Gasteiger partial charge on any atom is 0.187 e. The van der Waals surface area contributed by atoms with E-state index in [-0.39, 0.29) is 17.5 Å². The third-order valence-corrected chi connectivity index (χ3v) is 9.92. The first kappa shape index (κ1) is 34.0. The largest absolute Gasteiger partial charge is 0.468 e. The summed E-state index contributed by atoms with van der Waals surface area (Å²) in [6.07, 6.45) is 6.76. The van der Waals surface area contributed by atoms with Crippen LogP contribution < -0.4 is 4.90 Å². The monoisotopic (exact) mass is 682 g/mol. The van der Waals surface area contributed by atoms with E-state index in [9.17, 15) is 9.18 Å². The second-order valence-corrected chi connectivity index (χ2v) is 13.2. The number of carbonyl (C=O) groups is 1. The molecule has 6 rings (SSSR count). The maximum absolute atomic E-state index is 14.1. The summed E-state index contributed by atoms with van der Waals surface area (Å²) < 4.78 is 22.4. The second kappa shape index (κ2) is 14.6. The van der Waals surface area contributed by atoms with E-state index in [4.69, 9.17) is 39.5 Å². The van der Waals surface area contributed by atoms with Crippen LogP contribution >= 0.6 is 34.8 Å². The van der Waals surface area contributed by atoms with Gasteiger partial charge in [-0.2, -0.15) is 0 Å². The van der Waals surface area contributed by atoms with Crippen LogP contribution in [0.2, 0.25) is 15.1 Å². The number of rotatable bonds is 7. The SMILES string of the molecule is C=C1OC2(CCN(CCC(C(C)=O)c3ccc(Cl)c(Cl)c3)CC2)c2cc(F)ccc2N1C.Cn1ccnc1Cc1ccc(Cl)cc1. The Kier molecular flexibility index (Phi) is 10.8. The summed E-state index contributed by atoms with van der Waals surface area (Å²) in [5.41, 5.74) is 3.36. The minimum atomic E-state index is -0.568. The van der Waals surface area contributed by atoms with E-state index in [0.29, 0.717) is 22.3 Å². The summed E-state index contributed by atoms with van der Waals surface area (Å²) in [6.45, 7) is 8.02. The first-order valence-electron chi connectivity index (χ1n) is 15.3. The highest BCUT2D eigenvalue weighted by atomic mass is 35.5. The van der Waals surface area contributed by atoms with Gasteiger partial charge in [0.15, 0.2) is 5.88 Å². The standard InChI is InChI=1S/C25H27Cl2FN2O2.C11H11ClN2/c1-16(31)20(18-4-6-22(26)23(27)14-18)8-11-30-12-9-25(10-13-30)21-15-19(28)5-7-24(21)29(3)17(2)32-25;1-14-7-6-13-11(14)8-9-2-4-10(12)5-3-9/h4-7,14-15,20H,2,8-13H2,1,3H3;2-7H,8H2,1H3. The number of piperidine rings is 1.